The van der Waals surface area contributed by atoms with Gasteiger partial charge in [-0.2, -0.15) is 0 Å². The summed E-state index contributed by atoms with van der Waals surface area (Å²) in [6.07, 6.45) is 5.12. The van der Waals surface area contributed by atoms with Crippen LogP contribution in [-0.2, 0) is 0 Å². The maximum Gasteiger partial charge on any atom is 0.251 e. The lowest BCUT2D eigenvalue weighted by Gasteiger charge is -2.28. The molecule has 0 aliphatic heterocycles. The standard InChI is InChI=1S/C16H18N2O3/c1-16(9-19,13-6-7-13)18-15(20)12-4-2-11(3-5-12)14-8-17-10-21-14/h2-5,8,10,13,19H,6-7,9H2,1H3,(H,18,20). The number of nitrogens with one attached hydrogen (secondary N) is 1. The largest absolute Gasteiger partial charge is 0.444 e. The number of carbonyl (C=O) groups excluding carboxylic acids is 1. The third kappa shape index (κ3) is 2.83. The van der Waals surface area contributed by atoms with E-state index in [4.69, 9.17) is 4.42 Å². The number of aliphatic hydroxyl groups is 1. The molecular weight excluding hydrogens is 268 g/mol. The molecule has 2 aromatic rings. The van der Waals surface area contributed by atoms with E-state index in [1.54, 1.807) is 18.3 Å². The molecule has 5 nitrogen and oxygen atoms in total. The van der Waals surface area contributed by atoms with Gasteiger partial charge in [-0.05, 0) is 37.8 Å². The zero-order valence-electron chi connectivity index (χ0n) is 11.9. The summed E-state index contributed by atoms with van der Waals surface area (Å²) in [7, 11) is 0. The molecule has 3 rings (SSSR count). The van der Waals surface area contributed by atoms with Gasteiger partial charge in [0, 0.05) is 11.1 Å². The molecule has 0 spiro atoms. The summed E-state index contributed by atoms with van der Waals surface area (Å²) in [5.74, 6) is 0.877. The Balaban J connectivity index is 1.73. The molecule has 1 aromatic carbocycles. The number of aromatic nitrogens is 1. The van der Waals surface area contributed by atoms with Gasteiger partial charge in [0.05, 0.1) is 18.3 Å². The second kappa shape index (κ2) is 5.33. The van der Waals surface area contributed by atoms with Crippen molar-refractivity contribution in [2.45, 2.75) is 25.3 Å². The maximum absolute atomic E-state index is 12.3. The lowest BCUT2D eigenvalue weighted by molar-refractivity contribution is 0.0824. The third-order valence-corrected chi connectivity index (χ3v) is 4.07. The van der Waals surface area contributed by atoms with Gasteiger partial charge in [0.25, 0.3) is 5.91 Å². The van der Waals surface area contributed by atoms with Crippen LogP contribution in [0.3, 0.4) is 0 Å². The Labute approximate surface area is 123 Å². The van der Waals surface area contributed by atoms with Crippen LogP contribution in [0.2, 0.25) is 0 Å². The fourth-order valence-electron chi connectivity index (χ4n) is 2.47. The summed E-state index contributed by atoms with van der Waals surface area (Å²) in [4.78, 5) is 16.2. The number of rotatable bonds is 5. The quantitative estimate of drug-likeness (QED) is 0.884. The van der Waals surface area contributed by atoms with E-state index in [0.29, 0.717) is 17.2 Å². The van der Waals surface area contributed by atoms with E-state index < -0.39 is 5.54 Å². The van der Waals surface area contributed by atoms with Crippen LogP contribution in [0, 0.1) is 5.92 Å². The molecule has 1 aliphatic carbocycles. The van der Waals surface area contributed by atoms with Crippen molar-refractivity contribution in [3.8, 4) is 11.3 Å². The summed E-state index contributed by atoms with van der Waals surface area (Å²) in [6.45, 7) is 1.85. The molecule has 1 aromatic heterocycles. The average Bonchev–Trinajstić information content (AvgIpc) is 3.23. The second-order valence-corrected chi connectivity index (χ2v) is 5.75. The topological polar surface area (TPSA) is 75.4 Å². The molecule has 1 amide bonds. The maximum atomic E-state index is 12.3. The van der Waals surface area contributed by atoms with E-state index in [0.717, 1.165) is 18.4 Å². The van der Waals surface area contributed by atoms with Gasteiger partial charge in [0.1, 0.15) is 0 Å². The average molecular weight is 286 g/mol. The highest BCUT2D eigenvalue weighted by atomic mass is 16.3. The molecule has 1 saturated carbocycles. The highest BCUT2D eigenvalue weighted by Gasteiger charge is 2.42. The molecule has 5 heteroatoms. The zero-order chi connectivity index (χ0) is 14.9. The van der Waals surface area contributed by atoms with Crippen molar-refractivity contribution in [1.29, 1.82) is 0 Å². The summed E-state index contributed by atoms with van der Waals surface area (Å²) in [6, 6.07) is 7.14. The molecule has 1 atom stereocenters. The van der Waals surface area contributed by atoms with Gasteiger partial charge in [0.2, 0.25) is 0 Å². The first-order chi connectivity index (χ1) is 10.1. The third-order valence-electron chi connectivity index (χ3n) is 4.07. The Morgan fingerprint density at radius 3 is 2.67 bits per heavy atom. The Bertz CT molecular complexity index is 617. The summed E-state index contributed by atoms with van der Waals surface area (Å²) < 4.78 is 5.21. The summed E-state index contributed by atoms with van der Waals surface area (Å²) >= 11 is 0. The molecule has 0 radical (unpaired) electrons. The lowest BCUT2D eigenvalue weighted by Crippen LogP contribution is -2.50. The molecule has 1 fully saturated rings. The van der Waals surface area contributed by atoms with Crippen molar-refractivity contribution in [1.82, 2.24) is 10.3 Å². The fourth-order valence-corrected chi connectivity index (χ4v) is 2.47. The van der Waals surface area contributed by atoms with Crippen LogP contribution >= 0.6 is 0 Å². The van der Waals surface area contributed by atoms with E-state index in [1.165, 1.54) is 6.39 Å². The van der Waals surface area contributed by atoms with Crippen LogP contribution in [0.1, 0.15) is 30.1 Å². The lowest BCUT2D eigenvalue weighted by atomic mass is 9.96. The molecule has 1 aliphatic rings. The number of hydrogen-bond acceptors (Lipinski definition) is 4. The van der Waals surface area contributed by atoms with Crippen LogP contribution in [0.5, 0.6) is 0 Å². The van der Waals surface area contributed by atoms with E-state index in [2.05, 4.69) is 10.3 Å². The van der Waals surface area contributed by atoms with Gasteiger partial charge in [-0.25, -0.2) is 4.98 Å². The normalized spacial score (nSPS) is 17.2. The highest BCUT2D eigenvalue weighted by Crippen LogP contribution is 2.39. The summed E-state index contributed by atoms with van der Waals surface area (Å²) in [5, 5.41) is 12.5. The van der Waals surface area contributed by atoms with Gasteiger partial charge in [-0.3, -0.25) is 4.79 Å². The van der Waals surface area contributed by atoms with Gasteiger partial charge in [-0.1, -0.05) is 12.1 Å². The van der Waals surface area contributed by atoms with Crippen LogP contribution in [-0.4, -0.2) is 28.1 Å². The monoisotopic (exact) mass is 286 g/mol. The first kappa shape index (κ1) is 13.8. The Hall–Kier alpha value is -2.14. The minimum Gasteiger partial charge on any atom is -0.444 e. The van der Waals surface area contributed by atoms with Gasteiger partial charge in [-0.15, -0.1) is 0 Å². The summed E-state index contributed by atoms with van der Waals surface area (Å²) in [5.41, 5.74) is 0.912. The zero-order valence-corrected chi connectivity index (χ0v) is 11.9. The smallest absolute Gasteiger partial charge is 0.251 e. The Morgan fingerprint density at radius 2 is 2.14 bits per heavy atom. The predicted molar refractivity (Wildman–Crippen MR) is 77.6 cm³/mol. The Morgan fingerprint density at radius 1 is 1.43 bits per heavy atom. The van der Waals surface area contributed by atoms with Crippen LogP contribution in [0.4, 0.5) is 0 Å². The molecule has 2 N–H and O–H groups in total. The SMILES string of the molecule is CC(CO)(NC(=O)c1ccc(-c2cnco2)cc1)C1CC1. The number of carbonyl (C=O) groups is 1. The van der Waals surface area contributed by atoms with Gasteiger partial charge in [0.15, 0.2) is 12.2 Å². The van der Waals surface area contributed by atoms with E-state index in [9.17, 15) is 9.90 Å². The number of hydrogen-bond donors (Lipinski definition) is 2. The van der Waals surface area contributed by atoms with Gasteiger partial charge < -0.3 is 14.8 Å². The first-order valence-corrected chi connectivity index (χ1v) is 7.05. The molecule has 21 heavy (non-hydrogen) atoms. The Kier molecular flexibility index (Phi) is 3.51. The fraction of sp³-hybridized carbons (Fsp3) is 0.375. The second-order valence-electron chi connectivity index (χ2n) is 5.75. The van der Waals surface area contributed by atoms with Crippen LogP contribution < -0.4 is 5.32 Å². The van der Waals surface area contributed by atoms with E-state index >= 15 is 0 Å². The number of oxazole rings is 1. The minimum atomic E-state index is -0.527. The van der Waals surface area contributed by atoms with Crippen molar-refractivity contribution in [3.63, 3.8) is 0 Å². The molecular formula is C16H18N2O3. The number of nitrogens with zero attached hydrogens (tertiary/aromatic N) is 1. The minimum absolute atomic E-state index is 0.0421. The predicted octanol–water partition coefficient (Wildman–Crippen LogP) is 2.23. The number of benzene rings is 1. The van der Waals surface area contributed by atoms with E-state index in [-0.39, 0.29) is 12.5 Å². The highest BCUT2D eigenvalue weighted by molar-refractivity contribution is 5.95. The number of amides is 1. The van der Waals surface area contributed by atoms with Crippen molar-refractivity contribution >= 4 is 5.91 Å². The molecule has 1 heterocycles. The first-order valence-electron chi connectivity index (χ1n) is 7.05. The van der Waals surface area contributed by atoms with Crippen molar-refractivity contribution in [2.24, 2.45) is 5.92 Å². The molecule has 0 bridgehead atoms. The van der Waals surface area contributed by atoms with E-state index in [1.807, 2.05) is 19.1 Å². The number of aliphatic hydroxyl groups excluding tert-OH is 1. The van der Waals surface area contributed by atoms with Crippen LogP contribution in [0.15, 0.2) is 41.3 Å². The molecule has 110 valence electrons. The van der Waals surface area contributed by atoms with Crippen molar-refractivity contribution in [2.75, 3.05) is 6.61 Å². The van der Waals surface area contributed by atoms with Crippen molar-refractivity contribution < 1.29 is 14.3 Å². The molecule has 0 saturated heterocycles. The van der Waals surface area contributed by atoms with Crippen molar-refractivity contribution in [3.05, 3.63) is 42.4 Å². The van der Waals surface area contributed by atoms with Gasteiger partial charge >= 0.3 is 0 Å². The molecule has 1 unspecified atom stereocenters. The van der Waals surface area contributed by atoms with Crippen LogP contribution in [0.25, 0.3) is 11.3 Å².